The van der Waals surface area contributed by atoms with E-state index in [0.29, 0.717) is 5.92 Å². The van der Waals surface area contributed by atoms with Crippen LogP contribution in [0.4, 0.5) is 0 Å². The Labute approximate surface area is 67.8 Å². The molecule has 0 atom stereocenters. The molecule has 0 aliphatic carbocycles. The number of carbonyl (C=O) groups is 1. The fourth-order valence-corrected chi connectivity index (χ4v) is 0.764. The molecule has 11 heavy (non-hydrogen) atoms. The van der Waals surface area contributed by atoms with Crippen molar-refractivity contribution in [3.8, 4) is 0 Å². The van der Waals surface area contributed by atoms with Crippen molar-refractivity contribution >= 4 is 5.91 Å². The Balaban J connectivity index is 4.46. The van der Waals surface area contributed by atoms with E-state index < -0.39 is 0 Å². The number of amides is 1. The molecule has 0 aromatic heterocycles. The highest BCUT2D eigenvalue weighted by atomic mass is 16.1. The molecule has 0 radical (unpaired) electrons. The van der Waals surface area contributed by atoms with Gasteiger partial charge in [-0.2, -0.15) is 0 Å². The Morgan fingerprint density at radius 3 is 2.27 bits per heavy atom. The minimum absolute atomic E-state index is 0.346. The largest absolute Gasteiger partial charge is 0.366 e. The zero-order chi connectivity index (χ0) is 8.85. The fourth-order valence-electron chi connectivity index (χ4n) is 0.764. The lowest BCUT2D eigenvalue weighted by Gasteiger charge is -2.03. The van der Waals surface area contributed by atoms with Crippen molar-refractivity contribution in [1.82, 2.24) is 0 Å². The molecule has 0 heterocycles. The topological polar surface area (TPSA) is 43.1 Å². The minimum Gasteiger partial charge on any atom is -0.366 e. The van der Waals surface area contributed by atoms with Gasteiger partial charge < -0.3 is 5.73 Å². The number of allylic oxidation sites excluding steroid dienone is 3. The molecule has 0 aliphatic rings. The van der Waals surface area contributed by atoms with E-state index in [2.05, 4.69) is 0 Å². The van der Waals surface area contributed by atoms with Gasteiger partial charge in [0, 0.05) is 6.08 Å². The third-order valence-corrected chi connectivity index (χ3v) is 1.33. The van der Waals surface area contributed by atoms with E-state index in [0.717, 1.165) is 5.57 Å². The highest BCUT2D eigenvalue weighted by Gasteiger charge is 1.99. The van der Waals surface area contributed by atoms with Gasteiger partial charge in [0.25, 0.3) is 0 Å². The van der Waals surface area contributed by atoms with E-state index in [1.165, 1.54) is 6.08 Å². The van der Waals surface area contributed by atoms with Gasteiger partial charge in [-0.05, 0) is 18.4 Å². The first-order valence-electron chi connectivity index (χ1n) is 3.71. The second kappa shape index (κ2) is 4.72. The van der Waals surface area contributed by atoms with Gasteiger partial charge in [-0.25, -0.2) is 0 Å². The first-order valence-corrected chi connectivity index (χ1v) is 3.71. The molecule has 2 nitrogen and oxygen atoms in total. The van der Waals surface area contributed by atoms with Gasteiger partial charge in [0.05, 0.1) is 0 Å². The molecule has 0 spiro atoms. The number of rotatable bonds is 3. The first kappa shape index (κ1) is 9.95. The first-order chi connectivity index (χ1) is 5.07. The zero-order valence-electron chi connectivity index (χ0n) is 7.29. The molecule has 0 rings (SSSR count). The normalized spacial score (nSPS) is 12.9. The molecule has 0 aliphatic heterocycles. The highest BCUT2D eigenvalue weighted by molar-refractivity contribution is 5.87. The lowest BCUT2D eigenvalue weighted by molar-refractivity contribution is -0.113. The summed E-state index contributed by atoms with van der Waals surface area (Å²) in [6.07, 6.45) is 5.26. The van der Waals surface area contributed by atoms with Crippen LogP contribution in [-0.4, -0.2) is 5.91 Å². The molecule has 2 N–H and O–H groups in total. The number of carbonyl (C=O) groups excluding carboxylic acids is 1. The Morgan fingerprint density at radius 1 is 1.45 bits per heavy atom. The van der Waals surface area contributed by atoms with Crippen molar-refractivity contribution in [2.45, 2.75) is 20.8 Å². The molecular formula is C9H15NO. The Morgan fingerprint density at radius 2 is 2.00 bits per heavy atom. The van der Waals surface area contributed by atoms with Crippen LogP contribution in [0.3, 0.4) is 0 Å². The van der Waals surface area contributed by atoms with Gasteiger partial charge in [0.2, 0.25) is 5.91 Å². The SMILES string of the molecule is C/C=C\C(=C/C(N)=O)C(C)C. The average molecular weight is 153 g/mol. The Bertz CT molecular complexity index is 190. The summed E-state index contributed by atoms with van der Waals surface area (Å²) >= 11 is 0. The molecule has 0 fully saturated rings. The monoisotopic (exact) mass is 153 g/mol. The summed E-state index contributed by atoms with van der Waals surface area (Å²) in [6, 6.07) is 0. The molecular weight excluding hydrogens is 138 g/mol. The van der Waals surface area contributed by atoms with Crippen molar-refractivity contribution in [2.24, 2.45) is 11.7 Å². The summed E-state index contributed by atoms with van der Waals surface area (Å²) in [4.78, 5) is 10.5. The maximum absolute atomic E-state index is 10.5. The summed E-state index contributed by atoms with van der Waals surface area (Å²) in [6.45, 7) is 5.96. The second-order valence-corrected chi connectivity index (χ2v) is 2.70. The molecule has 0 aromatic rings. The van der Waals surface area contributed by atoms with Gasteiger partial charge in [-0.15, -0.1) is 0 Å². The third-order valence-electron chi connectivity index (χ3n) is 1.33. The minimum atomic E-state index is -0.383. The van der Waals surface area contributed by atoms with Crippen LogP contribution in [0.25, 0.3) is 0 Å². The van der Waals surface area contributed by atoms with Crippen LogP contribution in [0.1, 0.15) is 20.8 Å². The van der Waals surface area contributed by atoms with E-state index >= 15 is 0 Å². The quantitative estimate of drug-likeness (QED) is 0.486. The Kier molecular flexibility index (Phi) is 4.27. The van der Waals surface area contributed by atoms with E-state index in [1.54, 1.807) is 0 Å². The highest BCUT2D eigenvalue weighted by Crippen LogP contribution is 2.09. The summed E-state index contributed by atoms with van der Waals surface area (Å²) < 4.78 is 0. The van der Waals surface area contributed by atoms with Crippen LogP contribution >= 0.6 is 0 Å². The van der Waals surface area contributed by atoms with Crippen LogP contribution in [0.15, 0.2) is 23.8 Å². The van der Waals surface area contributed by atoms with E-state index in [-0.39, 0.29) is 5.91 Å². The van der Waals surface area contributed by atoms with Crippen LogP contribution in [-0.2, 0) is 4.79 Å². The molecule has 62 valence electrons. The number of hydrogen-bond acceptors (Lipinski definition) is 1. The molecule has 0 saturated heterocycles. The van der Waals surface area contributed by atoms with Crippen LogP contribution < -0.4 is 5.73 Å². The van der Waals surface area contributed by atoms with Crippen LogP contribution in [0, 0.1) is 5.92 Å². The zero-order valence-corrected chi connectivity index (χ0v) is 7.29. The van der Waals surface area contributed by atoms with E-state index in [1.807, 2.05) is 32.9 Å². The van der Waals surface area contributed by atoms with Crippen molar-refractivity contribution in [1.29, 1.82) is 0 Å². The van der Waals surface area contributed by atoms with Gasteiger partial charge in [0.1, 0.15) is 0 Å². The summed E-state index contributed by atoms with van der Waals surface area (Å²) in [7, 11) is 0. The van der Waals surface area contributed by atoms with Gasteiger partial charge in [0.15, 0.2) is 0 Å². The predicted molar refractivity (Wildman–Crippen MR) is 46.9 cm³/mol. The average Bonchev–Trinajstić information content (AvgIpc) is 1.86. The van der Waals surface area contributed by atoms with Gasteiger partial charge in [-0.1, -0.05) is 26.0 Å². The van der Waals surface area contributed by atoms with Gasteiger partial charge >= 0.3 is 0 Å². The molecule has 0 saturated carbocycles. The van der Waals surface area contributed by atoms with Crippen LogP contribution in [0.2, 0.25) is 0 Å². The van der Waals surface area contributed by atoms with Crippen LogP contribution in [0.5, 0.6) is 0 Å². The Hall–Kier alpha value is -1.05. The van der Waals surface area contributed by atoms with Gasteiger partial charge in [-0.3, -0.25) is 4.79 Å². The lowest BCUT2D eigenvalue weighted by atomic mass is 10.0. The predicted octanol–water partition coefficient (Wildman–Crippen LogP) is 1.63. The maximum Gasteiger partial charge on any atom is 0.241 e. The van der Waals surface area contributed by atoms with Crippen molar-refractivity contribution < 1.29 is 4.79 Å². The van der Waals surface area contributed by atoms with E-state index in [4.69, 9.17) is 5.73 Å². The second-order valence-electron chi connectivity index (χ2n) is 2.70. The molecule has 0 aromatic carbocycles. The molecule has 0 unspecified atom stereocenters. The summed E-state index contributed by atoms with van der Waals surface area (Å²) in [5, 5.41) is 0. The fraction of sp³-hybridized carbons (Fsp3) is 0.444. The van der Waals surface area contributed by atoms with Crippen molar-refractivity contribution in [3.05, 3.63) is 23.8 Å². The summed E-state index contributed by atoms with van der Waals surface area (Å²) in [5.41, 5.74) is 5.98. The number of nitrogens with two attached hydrogens (primary N) is 1. The number of primary amides is 1. The van der Waals surface area contributed by atoms with Crippen molar-refractivity contribution in [3.63, 3.8) is 0 Å². The molecule has 1 amide bonds. The molecule has 0 bridgehead atoms. The standard InChI is InChI=1S/C9H15NO/c1-4-5-8(7(2)3)6-9(10)11/h4-7H,1-3H3,(H2,10,11)/b5-4-,8-6+. The summed E-state index contributed by atoms with van der Waals surface area (Å²) in [5.74, 6) is -0.0366. The number of hydrogen-bond donors (Lipinski definition) is 1. The third kappa shape index (κ3) is 4.37. The smallest absolute Gasteiger partial charge is 0.241 e. The maximum atomic E-state index is 10.5. The van der Waals surface area contributed by atoms with Crippen molar-refractivity contribution in [2.75, 3.05) is 0 Å². The lowest BCUT2D eigenvalue weighted by Crippen LogP contribution is -2.08. The molecule has 2 heteroatoms. The van der Waals surface area contributed by atoms with E-state index in [9.17, 15) is 4.79 Å².